The van der Waals surface area contributed by atoms with Crippen molar-refractivity contribution in [3.63, 3.8) is 0 Å². The van der Waals surface area contributed by atoms with Crippen LogP contribution in [0.1, 0.15) is 24.6 Å². The van der Waals surface area contributed by atoms with Gasteiger partial charge >= 0.3 is 0 Å². The van der Waals surface area contributed by atoms with Crippen LogP contribution in [0.3, 0.4) is 0 Å². The van der Waals surface area contributed by atoms with Gasteiger partial charge in [0.2, 0.25) is 0 Å². The van der Waals surface area contributed by atoms with Crippen LogP contribution in [0.2, 0.25) is 0 Å². The Kier molecular flexibility index (Phi) is 4.53. The number of hydrogen-bond acceptors (Lipinski definition) is 5. The molecule has 2 N–H and O–H groups in total. The highest BCUT2D eigenvalue weighted by Gasteiger charge is 2.19. The molecule has 1 saturated heterocycles. The molecule has 1 fully saturated rings. The summed E-state index contributed by atoms with van der Waals surface area (Å²) in [6, 6.07) is 14.3. The summed E-state index contributed by atoms with van der Waals surface area (Å²) >= 11 is 1.69. The van der Waals surface area contributed by atoms with Crippen LogP contribution in [0.25, 0.3) is 11.3 Å². The van der Waals surface area contributed by atoms with Crippen LogP contribution in [-0.4, -0.2) is 23.1 Å². The summed E-state index contributed by atoms with van der Waals surface area (Å²) in [6.45, 7) is 2.05. The largest absolute Gasteiger partial charge is 0.340 e. The minimum atomic E-state index is 0.383. The van der Waals surface area contributed by atoms with E-state index in [4.69, 9.17) is 9.97 Å². The molecule has 3 aromatic rings. The van der Waals surface area contributed by atoms with E-state index < -0.39 is 0 Å². The summed E-state index contributed by atoms with van der Waals surface area (Å²) in [7, 11) is 0. The average Bonchev–Trinajstić information content (AvgIpc) is 3.18. The molecular formula is C19H20N4S. The quantitative estimate of drug-likeness (QED) is 0.741. The number of hydrogen-bond donors (Lipinski definition) is 2. The number of rotatable bonds is 4. The van der Waals surface area contributed by atoms with Crippen LogP contribution >= 0.6 is 11.3 Å². The van der Waals surface area contributed by atoms with E-state index in [0.29, 0.717) is 5.92 Å². The third-order valence-electron chi connectivity index (χ3n) is 4.27. The van der Waals surface area contributed by atoms with Crippen molar-refractivity contribution >= 4 is 22.8 Å². The first-order valence-electron chi connectivity index (χ1n) is 8.33. The van der Waals surface area contributed by atoms with Crippen LogP contribution in [0, 0.1) is 0 Å². The highest BCUT2D eigenvalue weighted by Crippen LogP contribution is 2.28. The van der Waals surface area contributed by atoms with E-state index >= 15 is 0 Å². The molecule has 24 heavy (non-hydrogen) atoms. The Morgan fingerprint density at radius 1 is 1.12 bits per heavy atom. The van der Waals surface area contributed by atoms with Gasteiger partial charge in [0.1, 0.15) is 11.6 Å². The van der Waals surface area contributed by atoms with Crippen molar-refractivity contribution in [2.45, 2.75) is 18.8 Å². The summed E-state index contributed by atoms with van der Waals surface area (Å²) < 4.78 is 0. The lowest BCUT2D eigenvalue weighted by molar-refractivity contribution is 0.447. The van der Waals surface area contributed by atoms with Gasteiger partial charge in [0.05, 0.1) is 5.69 Å². The van der Waals surface area contributed by atoms with Gasteiger partial charge in [0.25, 0.3) is 0 Å². The lowest BCUT2D eigenvalue weighted by Crippen LogP contribution is -2.29. The molecule has 1 aliphatic heterocycles. The Bertz CT molecular complexity index is 780. The van der Waals surface area contributed by atoms with E-state index in [-0.39, 0.29) is 0 Å². The molecule has 1 aromatic carbocycles. The van der Waals surface area contributed by atoms with Gasteiger partial charge in [-0.05, 0) is 43.0 Å². The van der Waals surface area contributed by atoms with Gasteiger partial charge in [-0.3, -0.25) is 0 Å². The van der Waals surface area contributed by atoms with Gasteiger partial charge in [-0.2, -0.15) is 11.3 Å². The maximum absolute atomic E-state index is 4.86. The van der Waals surface area contributed by atoms with E-state index in [1.807, 2.05) is 36.4 Å². The topological polar surface area (TPSA) is 49.8 Å². The Morgan fingerprint density at radius 2 is 2.04 bits per heavy atom. The molecule has 0 spiro atoms. The number of aromatic nitrogens is 2. The molecule has 1 aliphatic rings. The minimum Gasteiger partial charge on any atom is -0.340 e. The van der Waals surface area contributed by atoms with Crippen molar-refractivity contribution in [1.29, 1.82) is 0 Å². The molecule has 4 rings (SSSR count). The van der Waals surface area contributed by atoms with Crippen molar-refractivity contribution in [1.82, 2.24) is 15.3 Å². The van der Waals surface area contributed by atoms with E-state index in [9.17, 15) is 0 Å². The fourth-order valence-electron chi connectivity index (χ4n) is 3.01. The van der Waals surface area contributed by atoms with Gasteiger partial charge in [0.15, 0.2) is 0 Å². The molecule has 0 saturated carbocycles. The summed E-state index contributed by atoms with van der Waals surface area (Å²) in [5, 5.41) is 11.1. The van der Waals surface area contributed by atoms with Gasteiger partial charge in [-0.15, -0.1) is 0 Å². The van der Waals surface area contributed by atoms with Crippen molar-refractivity contribution in [2.24, 2.45) is 0 Å². The summed E-state index contributed by atoms with van der Waals surface area (Å²) in [5.74, 6) is 2.18. The second kappa shape index (κ2) is 7.11. The smallest absolute Gasteiger partial charge is 0.135 e. The zero-order valence-corrected chi connectivity index (χ0v) is 14.2. The molecule has 5 heteroatoms. The van der Waals surface area contributed by atoms with E-state index in [1.54, 1.807) is 11.3 Å². The number of nitrogens with one attached hydrogen (secondary N) is 2. The zero-order valence-electron chi connectivity index (χ0n) is 13.4. The third kappa shape index (κ3) is 3.47. The normalized spacial score (nSPS) is 17.6. The average molecular weight is 336 g/mol. The monoisotopic (exact) mass is 336 g/mol. The molecule has 122 valence electrons. The number of piperidine rings is 1. The molecule has 0 radical (unpaired) electrons. The fraction of sp³-hybridized carbons (Fsp3) is 0.263. The first-order chi connectivity index (χ1) is 11.9. The lowest BCUT2D eigenvalue weighted by atomic mass is 9.98. The van der Waals surface area contributed by atoms with Crippen molar-refractivity contribution in [2.75, 3.05) is 18.4 Å². The Hall–Kier alpha value is -2.24. The zero-order chi connectivity index (χ0) is 16.2. The van der Waals surface area contributed by atoms with Crippen LogP contribution in [-0.2, 0) is 0 Å². The van der Waals surface area contributed by atoms with Crippen molar-refractivity contribution in [3.8, 4) is 11.3 Å². The van der Waals surface area contributed by atoms with E-state index in [0.717, 1.165) is 48.1 Å². The van der Waals surface area contributed by atoms with Crippen molar-refractivity contribution < 1.29 is 0 Å². The Balaban J connectivity index is 1.70. The number of anilines is 2. The van der Waals surface area contributed by atoms with E-state index in [2.05, 4.69) is 27.5 Å². The maximum Gasteiger partial charge on any atom is 0.135 e. The third-order valence-corrected chi connectivity index (χ3v) is 4.95. The Morgan fingerprint density at radius 3 is 2.79 bits per heavy atom. The van der Waals surface area contributed by atoms with Gasteiger partial charge < -0.3 is 10.6 Å². The second-order valence-electron chi connectivity index (χ2n) is 6.04. The van der Waals surface area contributed by atoms with Crippen LogP contribution < -0.4 is 10.6 Å². The molecule has 2 aromatic heterocycles. The summed E-state index contributed by atoms with van der Waals surface area (Å²) in [5.41, 5.74) is 3.19. The molecule has 0 aliphatic carbocycles. The number of nitrogens with zero attached hydrogens (tertiary/aromatic N) is 2. The molecule has 3 heterocycles. The van der Waals surface area contributed by atoms with E-state index in [1.165, 1.54) is 6.42 Å². The SMILES string of the molecule is c1ccc(Nc2cc(-c3ccsc3)nc(C3CCCNC3)n2)cc1. The summed E-state index contributed by atoms with van der Waals surface area (Å²) in [4.78, 5) is 9.66. The van der Waals surface area contributed by atoms with Crippen LogP contribution in [0.5, 0.6) is 0 Å². The van der Waals surface area contributed by atoms with Crippen molar-refractivity contribution in [3.05, 3.63) is 59.0 Å². The first-order valence-corrected chi connectivity index (χ1v) is 9.27. The van der Waals surface area contributed by atoms with Gasteiger partial charge in [0, 0.05) is 35.2 Å². The second-order valence-corrected chi connectivity index (χ2v) is 6.82. The molecule has 0 amide bonds. The van der Waals surface area contributed by atoms with Gasteiger partial charge in [-0.1, -0.05) is 18.2 Å². The molecule has 0 bridgehead atoms. The predicted octanol–water partition coefficient (Wildman–Crippen LogP) is 4.42. The number of thiophene rings is 1. The minimum absolute atomic E-state index is 0.383. The maximum atomic E-state index is 4.86. The van der Waals surface area contributed by atoms with Gasteiger partial charge in [-0.25, -0.2) is 9.97 Å². The molecular weight excluding hydrogens is 316 g/mol. The summed E-state index contributed by atoms with van der Waals surface area (Å²) in [6.07, 6.45) is 2.32. The lowest BCUT2D eigenvalue weighted by Gasteiger charge is -2.22. The standard InChI is InChI=1S/C19H20N4S/c1-2-6-16(7-3-1)21-18-11-17(15-8-10-24-13-15)22-19(23-18)14-5-4-9-20-12-14/h1-3,6-8,10-11,13-14,20H,4-5,9,12H2,(H,21,22,23). The predicted molar refractivity (Wildman–Crippen MR) is 99.9 cm³/mol. The fourth-order valence-corrected chi connectivity index (χ4v) is 3.66. The molecule has 1 unspecified atom stereocenters. The highest BCUT2D eigenvalue weighted by molar-refractivity contribution is 7.08. The molecule has 1 atom stereocenters. The highest BCUT2D eigenvalue weighted by atomic mass is 32.1. The molecule has 4 nitrogen and oxygen atoms in total. The first kappa shape index (κ1) is 15.3. The number of para-hydroxylation sites is 1. The Labute approximate surface area is 146 Å². The van der Waals surface area contributed by atoms with Crippen LogP contribution in [0.15, 0.2) is 53.2 Å². The number of benzene rings is 1. The van der Waals surface area contributed by atoms with Crippen LogP contribution in [0.4, 0.5) is 11.5 Å².